The highest BCUT2D eigenvalue weighted by Gasteiger charge is 2.12. The molecule has 4 aromatic rings. The summed E-state index contributed by atoms with van der Waals surface area (Å²) >= 11 is 0. The Morgan fingerprint density at radius 2 is 1.40 bits per heavy atom. The fraction of sp³-hybridized carbons (Fsp3) is 0.0435. The third-order valence-corrected chi connectivity index (χ3v) is 4.32. The maximum absolute atomic E-state index is 12.7. The smallest absolute Gasteiger partial charge is 0.167 e. The lowest BCUT2D eigenvalue weighted by Crippen LogP contribution is -2.04. The van der Waals surface area contributed by atoms with Crippen LogP contribution in [0.4, 0.5) is 0 Å². The zero-order valence-electron chi connectivity index (χ0n) is 13.7. The van der Waals surface area contributed by atoms with E-state index >= 15 is 0 Å². The van der Waals surface area contributed by atoms with E-state index in [4.69, 9.17) is 4.98 Å². The molecule has 0 aliphatic rings. The lowest BCUT2D eigenvalue weighted by molar-refractivity contribution is 0.0993. The highest BCUT2D eigenvalue weighted by Crippen LogP contribution is 2.25. The number of pyridine rings is 1. The molecule has 0 atom stereocenters. The van der Waals surface area contributed by atoms with E-state index in [1.807, 2.05) is 91.0 Å². The van der Waals surface area contributed by atoms with Crippen molar-refractivity contribution in [2.24, 2.45) is 0 Å². The van der Waals surface area contributed by atoms with E-state index in [9.17, 15) is 4.79 Å². The maximum atomic E-state index is 12.7. The molecule has 4 rings (SSSR count). The standard InChI is InChI=1S/C23H17NO/c25-23(18-11-5-2-6-12-18)16-19-15-22(17-9-3-1-4-10-17)24-21-14-8-7-13-20(19)21/h1-15H,16H2. The van der Waals surface area contributed by atoms with E-state index in [0.29, 0.717) is 6.42 Å². The van der Waals surface area contributed by atoms with Gasteiger partial charge in [0.25, 0.3) is 0 Å². The van der Waals surface area contributed by atoms with Gasteiger partial charge in [0.2, 0.25) is 0 Å². The second-order valence-corrected chi connectivity index (χ2v) is 6.02. The molecule has 1 heterocycles. The van der Waals surface area contributed by atoms with Gasteiger partial charge >= 0.3 is 0 Å². The monoisotopic (exact) mass is 323 g/mol. The molecule has 0 N–H and O–H groups in total. The summed E-state index contributed by atoms with van der Waals surface area (Å²) in [6, 6.07) is 29.6. The minimum Gasteiger partial charge on any atom is -0.294 e. The van der Waals surface area contributed by atoms with Crippen molar-refractivity contribution in [3.8, 4) is 11.3 Å². The Morgan fingerprint density at radius 1 is 0.760 bits per heavy atom. The molecule has 3 aromatic carbocycles. The number of hydrogen-bond donors (Lipinski definition) is 0. The molecule has 0 amide bonds. The van der Waals surface area contributed by atoms with Crippen LogP contribution in [-0.2, 0) is 6.42 Å². The van der Waals surface area contributed by atoms with Crippen LogP contribution in [0.1, 0.15) is 15.9 Å². The molecule has 0 saturated heterocycles. The summed E-state index contributed by atoms with van der Waals surface area (Å²) in [6.45, 7) is 0. The minimum atomic E-state index is 0.121. The Hall–Kier alpha value is -3.26. The van der Waals surface area contributed by atoms with E-state index in [0.717, 1.165) is 33.3 Å². The summed E-state index contributed by atoms with van der Waals surface area (Å²) in [4.78, 5) is 17.5. The second-order valence-electron chi connectivity index (χ2n) is 6.02. The van der Waals surface area contributed by atoms with Gasteiger partial charge in [-0.15, -0.1) is 0 Å². The molecule has 0 spiro atoms. The van der Waals surface area contributed by atoms with Crippen molar-refractivity contribution in [1.82, 2.24) is 4.98 Å². The Balaban J connectivity index is 1.80. The van der Waals surface area contributed by atoms with Crippen molar-refractivity contribution in [3.63, 3.8) is 0 Å². The first-order valence-electron chi connectivity index (χ1n) is 8.33. The van der Waals surface area contributed by atoms with Gasteiger partial charge in [-0.25, -0.2) is 4.98 Å². The van der Waals surface area contributed by atoms with Crippen LogP contribution in [0.25, 0.3) is 22.2 Å². The molecule has 0 saturated carbocycles. The van der Waals surface area contributed by atoms with Crippen molar-refractivity contribution in [1.29, 1.82) is 0 Å². The predicted octanol–water partition coefficient (Wildman–Crippen LogP) is 5.33. The number of hydrogen-bond acceptors (Lipinski definition) is 2. The lowest BCUT2D eigenvalue weighted by Gasteiger charge is -2.10. The first kappa shape index (κ1) is 15.3. The van der Waals surface area contributed by atoms with Crippen molar-refractivity contribution >= 4 is 16.7 Å². The SMILES string of the molecule is O=C(Cc1cc(-c2ccccc2)nc2ccccc12)c1ccccc1. The second kappa shape index (κ2) is 6.70. The number of ketones is 1. The largest absolute Gasteiger partial charge is 0.294 e. The molecule has 0 aliphatic carbocycles. The average molecular weight is 323 g/mol. The highest BCUT2D eigenvalue weighted by molar-refractivity contribution is 6.00. The number of Topliss-reactive ketones (excluding diaryl/α,β-unsaturated/α-hetero) is 1. The van der Waals surface area contributed by atoms with E-state index in [1.165, 1.54) is 0 Å². The Kier molecular flexibility index (Phi) is 4.09. The molecule has 0 fully saturated rings. The topological polar surface area (TPSA) is 30.0 Å². The van der Waals surface area contributed by atoms with Crippen LogP contribution in [0.5, 0.6) is 0 Å². The average Bonchev–Trinajstić information content (AvgIpc) is 2.69. The van der Waals surface area contributed by atoms with Crippen molar-refractivity contribution in [2.75, 3.05) is 0 Å². The molecule has 120 valence electrons. The van der Waals surface area contributed by atoms with Gasteiger partial charge in [-0.05, 0) is 17.7 Å². The van der Waals surface area contributed by atoms with Crippen LogP contribution in [0.2, 0.25) is 0 Å². The van der Waals surface area contributed by atoms with Crippen LogP contribution in [0, 0.1) is 0 Å². The number of carbonyl (C=O) groups is 1. The zero-order valence-corrected chi connectivity index (χ0v) is 13.7. The molecule has 0 unspecified atom stereocenters. The predicted molar refractivity (Wildman–Crippen MR) is 102 cm³/mol. The summed E-state index contributed by atoms with van der Waals surface area (Å²) in [5, 5.41) is 1.03. The number of para-hydroxylation sites is 1. The zero-order chi connectivity index (χ0) is 17.1. The van der Waals surface area contributed by atoms with Gasteiger partial charge in [-0.2, -0.15) is 0 Å². The van der Waals surface area contributed by atoms with Gasteiger partial charge in [0.1, 0.15) is 0 Å². The van der Waals surface area contributed by atoms with Gasteiger partial charge in [0.05, 0.1) is 11.2 Å². The number of carbonyl (C=O) groups excluding carboxylic acids is 1. The number of benzene rings is 3. The Bertz CT molecular complexity index is 1020. The lowest BCUT2D eigenvalue weighted by atomic mass is 9.98. The highest BCUT2D eigenvalue weighted by atomic mass is 16.1. The number of aromatic nitrogens is 1. The van der Waals surface area contributed by atoms with Gasteiger partial charge in [-0.1, -0.05) is 78.9 Å². The fourth-order valence-electron chi connectivity index (χ4n) is 3.05. The third kappa shape index (κ3) is 3.20. The normalized spacial score (nSPS) is 10.7. The van der Waals surface area contributed by atoms with Crippen LogP contribution >= 0.6 is 0 Å². The van der Waals surface area contributed by atoms with Crippen LogP contribution < -0.4 is 0 Å². The van der Waals surface area contributed by atoms with E-state index in [-0.39, 0.29) is 5.78 Å². The Morgan fingerprint density at radius 3 is 2.16 bits per heavy atom. The van der Waals surface area contributed by atoms with Gasteiger partial charge in [-0.3, -0.25) is 4.79 Å². The fourth-order valence-corrected chi connectivity index (χ4v) is 3.05. The van der Waals surface area contributed by atoms with Crippen molar-refractivity contribution in [3.05, 3.63) is 102 Å². The molecule has 0 aliphatic heterocycles. The summed E-state index contributed by atoms with van der Waals surface area (Å²) < 4.78 is 0. The number of fused-ring (bicyclic) bond motifs is 1. The molecule has 25 heavy (non-hydrogen) atoms. The molecular weight excluding hydrogens is 306 g/mol. The molecule has 0 radical (unpaired) electrons. The summed E-state index contributed by atoms with van der Waals surface area (Å²) in [5.74, 6) is 0.121. The number of nitrogens with zero attached hydrogens (tertiary/aromatic N) is 1. The van der Waals surface area contributed by atoms with Crippen molar-refractivity contribution < 1.29 is 4.79 Å². The summed E-state index contributed by atoms with van der Waals surface area (Å²) in [5.41, 5.74) is 4.62. The first-order valence-corrected chi connectivity index (χ1v) is 8.33. The Labute approximate surface area is 146 Å². The van der Waals surface area contributed by atoms with Crippen LogP contribution in [0.3, 0.4) is 0 Å². The van der Waals surface area contributed by atoms with Crippen molar-refractivity contribution in [2.45, 2.75) is 6.42 Å². The van der Waals surface area contributed by atoms with E-state index < -0.39 is 0 Å². The molecule has 2 heteroatoms. The van der Waals surface area contributed by atoms with E-state index in [2.05, 4.69) is 0 Å². The third-order valence-electron chi connectivity index (χ3n) is 4.32. The number of rotatable bonds is 4. The molecule has 0 bridgehead atoms. The van der Waals surface area contributed by atoms with Crippen LogP contribution in [0.15, 0.2) is 91.0 Å². The summed E-state index contributed by atoms with van der Waals surface area (Å²) in [6.07, 6.45) is 0.368. The molecule has 1 aromatic heterocycles. The molecule has 2 nitrogen and oxygen atoms in total. The summed E-state index contributed by atoms with van der Waals surface area (Å²) in [7, 11) is 0. The van der Waals surface area contributed by atoms with Gasteiger partial charge in [0.15, 0.2) is 5.78 Å². The quantitative estimate of drug-likeness (QED) is 0.475. The first-order chi connectivity index (χ1) is 12.3. The maximum Gasteiger partial charge on any atom is 0.167 e. The van der Waals surface area contributed by atoms with Gasteiger partial charge < -0.3 is 0 Å². The van der Waals surface area contributed by atoms with Gasteiger partial charge in [0, 0.05) is 22.9 Å². The minimum absolute atomic E-state index is 0.121. The van der Waals surface area contributed by atoms with E-state index in [1.54, 1.807) is 0 Å². The molecular formula is C23H17NO. The van der Waals surface area contributed by atoms with Crippen LogP contribution in [-0.4, -0.2) is 10.8 Å².